The first-order chi connectivity index (χ1) is 10.5. The first kappa shape index (κ1) is 16.6. The summed E-state index contributed by atoms with van der Waals surface area (Å²) in [6.07, 6.45) is 1.50. The third-order valence-electron chi connectivity index (χ3n) is 2.52. The smallest absolute Gasteiger partial charge is 0.277 e. The number of hydrogen-bond donors (Lipinski definition) is 1. The Morgan fingerprint density at radius 3 is 2.50 bits per heavy atom. The number of hydrogen-bond acceptors (Lipinski definition) is 3. The summed E-state index contributed by atoms with van der Waals surface area (Å²) in [6, 6.07) is 11.8. The Kier molecular flexibility index (Phi) is 6.07. The molecular weight excluding hydrogens is 347 g/mol. The lowest BCUT2D eigenvalue weighted by molar-refractivity contribution is -0.123. The van der Waals surface area contributed by atoms with Crippen LogP contribution in [0.3, 0.4) is 0 Å². The van der Waals surface area contributed by atoms with Gasteiger partial charge in [-0.3, -0.25) is 4.79 Å². The molecule has 7 heteroatoms. The lowest BCUT2D eigenvalue weighted by Crippen LogP contribution is -2.24. The molecule has 0 fully saturated rings. The lowest BCUT2D eigenvalue weighted by Gasteiger charge is -2.07. The molecule has 0 unspecified atom stereocenters. The summed E-state index contributed by atoms with van der Waals surface area (Å²) in [5.74, 6) is -0.0766. The van der Waals surface area contributed by atoms with E-state index in [1.807, 2.05) is 0 Å². The first-order valence-electron chi connectivity index (χ1n) is 6.20. The van der Waals surface area contributed by atoms with Crippen LogP contribution >= 0.6 is 34.8 Å². The van der Waals surface area contributed by atoms with Crippen molar-refractivity contribution >= 4 is 46.9 Å². The van der Waals surface area contributed by atoms with Gasteiger partial charge in [0.05, 0.1) is 11.2 Å². The number of halogens is 3. The van der Waals surface area contributed by atoms with Crippen molar-refractivity contribution < 1.29 is 9.53 Å². The number of nitrogens with zero attached hydrogens (tertiary/aromatic N) is 1. The monoisotopic (exact) mass is 356 g/mol. The van der Waals surface area contributed by atoms with Crippen LogP contribution in [-0.2, 0) is 4.79 Å². The number of carbonyl (C=O) groups is 1. The van der Waals surface area contributed by atoms with Crippen LogP contribution in [0.25, 0.3) is 0 Å². The Morgan fingerprint density at radius 1 is 1.09 bits per heavy atom. The molecule has 4 nitrogen and oxygen atoms in total. The van der Waals surface area contributed by atoms with Crippen LogP contribution in [0.2, 0.25) is 15.1 Å². The number of hydrazone groups is 1. The van der Waals surface area contributed by atoms with Crippen LogP contribution < -0.4 is 10.2 Å². The van der Waals surface area contributed by atoms with E-state index >= 15 is 0 Å². The van der Waals surface area contributed by atoms with Crippen LogP contribution in [0, 0.1) is 0 Å². The molecule has 0 spiro atoms. The topological polar surface area (TPSA) is 50.7 Å². The summed E-state index contributed by atoms with van der Waals surface area (Å²) < 4.78 is 5.28. The van der Waals surface area contributed by atoms with Gasteiger partial charge in [0.1, 0.15) is 5.75 Å². The van der Waals surface area contributed by atoms with Crippen molar-refractivity contribution in [3.05, 3.63) is 63.1 Å². The molecule has 0 atom stereocenters. The van der Waals surface area contributed by atoms with E-state index in [-0.39, 0.29) is 6.61 Å². The number of carbonyl (C=O) groups excluding carboxylic acids is 1. The molecule has 1 N–H and O–H groups in total. The van der Waals surface area contributed by atoms with Crippen molar-refractivity contribution in [1.29, 1.82) is 0 Å². The lowest BCUT2D eigenvalue weighted by atomic mass is 10.2. The van der Waals surface area contributed by atoms with Crippen LogP contribution in [-0.4, -0.2) is 18.7 Å². The van der Waals surface area contributed by atoms with Gasteiger partial charge in [-0.15, -0.1) is 0 Å². The number of amides is 1. The molecule has 22 heavy (non-hydrogen) atoms. The fraction of sp³-hybridized carbons (Fsp3) is 0.0667. The van der Waals surface area contributed by atoms with Gasteiger partial charge in [-0.25, -0.2) is 5.43 Å². The van der Waals surface area contributed by atoms with Crippen LogP contribution in [0.5, 0.6) is 5.75 Å². The van der Waals surface area contributed by atoms with E-state index in [1.165, 1.54) is 12.3 Å². The number of nitrogens with one attached hydrogen (secondary N) is 1. The summed E-state index contributed by atoms with van der Waals surface area (Å²) >= 11 is 17.5. The molecule has 0 aliphatic carbocycles. The summed E-state index contributed by atoms with van der Waals surface area (Å²) in [6.45, 7) is -0.224. The molecule has 0 saturated heterocycles. The Morgan fingerprint density at radius 2 is 1.77 bits per heavy atom. The average molecular weight is 358 g/mol. The van der Waals surface area contributed by atoms with Gasteiger partial charge >= 0.3 is 0 Å². The van der Waals surface area contributed by atoms with E-state index in [4.69, 9.17) is 39.5 Å². The number of rotatable bonds is 5. The minimum absolute atomic E-state index is 0.224. The van der Waals surface area contributed by atoms with E-state index in [2.05, 4.69) is 10.5 Å². The van der Waals surface area contributed by atoms with Crippen molar-refractivity contribution in [2.45, 2.75) is 0 Å². The first-order valence-corrected chi connectivity index (χ1v) is 7.33. The second kappa shape index (κ2) is 8.03. The molecule has 2 aromatic rings. The largest absolute Gasteiger partial charge is 0.482 e. The maximum Gasteiger partial charge on any atom is 0.277 e. The zero-order chi connectivity index (χ0) is 15.9. The highest BCUT2D eigenvalue weighted by atomic mass is 35.5. The molecule has 0 radical (unpaired) electrons. The van der Waals surface area contributed by atoms with Gasteiger partial charge in [-0.05, 0) is 29.8 Å². The second-order valence-electron chi connectivity index (χ2n) is 4.21. The van der Waals surface area contributed by atoms with Gasteiger partial charge in [0.2, 0.25) is 0 Å². The molecule has 0 aliphatic heterocycles. The maximum absolute atomic E-state index is 11.6. The molecule has 114 valence electrons. The van der Waals surface area contributed by atoms with Crippen molar-refractivity contribution in [3.8, 4) is 5.75 Å². The highest BCUT2D eigenvalue weighted by molar-refractivity contribution is 6.34. The quantitative estimate of drug-likeness (QED) is 0.645. The molecule has 0 aromatic heterocycles. The highest BCUT2D eigenvalue weighted by Crippen LogP contribution is 2.27. The van der Waals surface area contributed by atoms with Gasteiger partial charge in [0.15, 0.2) is 6.61 Å². The van der Waals surface area contributed by atoms with Crippen molar-refractivity contribution in [3.63, 3.8) is 0 Å². The van der Waals surface area contributed by atoms with Crippen LogP contribution in [0.4, 0.5) is 0 Å². The Hall–Kier alpha value is -1.75. The fourth-order valence-corrected chi connectivity index (χ4v) is 1.95. The standard InChI is InChI=1S/C15H11Cl3N2O2/c16-11-3-1-10(2-4-11)8-19-20-15(21)9-22-14-7-12(17)5-6-13(14)18/h1-8H,9H2,(H,20,21). The van der Waals surface area contributed by atoms with Crippen molar-refractivity contribution in [1.82, 2.24) is 5.43 Å². The summed E-state index contributed by atoms with van der Waals surface area (Å²) in [5, 5.41) is 5.30. The Bertz CT molecular complexity index is 688. The minimum Gasteiger partial charge on any atom is -0.482 e. The molecule has 2 rings (SSSR count). The van der Waals surface area contributed by atoms with Gasteiger partial charge in [-0.1, -0.05) is 46.9 Å². The van der Waals surface area contributed by atoms with E-state index in [0.29, 0.717) is 20.8 Å². The van der Waals surface area contributed by atoms with E-state index in [1.54, 1.807) is 36.4 Å². The van der Waals surface area contributed by atoms with Gasteiger partial charge in [0, 0.05) is 16.1 Å². The predicted octanol–water partition coefficient (Wildman–Crippen LogP) is 4.18. The van der Waals surface area contributed by atoms with Crippen LogP contribution in [0.1, 0.15) is 5.56 Å². The summed E-state index contributed by atoms with van der Waals surface area (Å²) in [7, 11) is 0. The molecule has 0 bridgehead atoms. The molecular formula is C15H11Cl3N2O2. The third kappa shape index (κ3) is 5.22. The molecule has 1 amide bonds. The Balaban J connectivity index is 1.83. The van der Waals surface area contributed by atoms with E-state index in [9.17, 15) is 4.79 Å². The normalized spacial score (nSPS) is 10.7. The predicted molar refractivity (Wildman–Crippen MR) is 89.1 cm³/mol. The number of benzene rings is 2. The van der Waals surface area contributed by atoms with Crippen molar-refractivity contribution in [2.75, 3.05) is 6.61 Å². The third-order valence-corrected chi connectivity index (χ3v) is 3.32. The SMILES string of the molecule is O=C(COc1cc(Cl)ccc1Cl)NN=Cc1ccc(Cl)cc1. The van der Waals surface area contributed by atoms with Crippen LogP contribution in [0.15, 0.2) is 47.6 Å². The number of ether oxygens (including phenoxy) is 1. The van der Waals surface area contributed by atoms with Gasteiger partial charge in [0.25, 0.3) is 5.91 Å². The molecule has 0 aliphatic rings. The maximum atomic E-state index is 11.6. The van der Waals surface area contributed by atoms with Gasteiger partial charge < -0.3 is 4.74 Å². The summed E-state index contributed by atoms with van der Waals surface area (Å²) in [5.41, 5.74) is 3.16. The molecule has 2 aromatic carbocycles. The van der Waals surface area contributed by atoms with Crippen molar-refractivity contribution in [2.24, 2.45) is 5.10 Å². The zero-order valence-corrected chi connectivity index (χ0v) is 13.5. The van der Waals surface area contributed by atoms with Gasteiger partial charge in [-0.2, -0.15) is 5.10 Å². The van der Waals surface area contributed by atoms with E-state index in [0.717, 1.165) is 5.56 Å². The zero-order valence-electron chi connectivity index (χ0n) is 11.2. The average Bonchev–Trinajstić information content (AvgIpc) is 2.50. The van der Waals surface area contributed by atoms with E-state index < -0.39 is 5.91 Å². The Labute approximate surface area is 142 Å². The molecule has 0 heterocycles. The molecule has 0 saturated carbocycles. The minimum atomic E-state index is -0.416. The fourth-order valence-electron chi connectivity index (χ4n) is 1.49. The summed E-state index contributed by atoms with van der Waals surface area (Å²) in [4.78, 5) is 11.6. The highest BCUT2D eigenvalue weighted by Gasteiger charge is 2.05. The second-order valence-corrected chi connectivity index (χ2v) is 5.49.